The number of esters is 2. The third-order valence-corrected chi connectivity index (χ3v) is 15.6. The van der Waals surface area contributed by atoms with Crippen LogP contribution in [-0.2, 0) is 32.7 Å². The summed E-state index contributed by atoms with van der Waals surface area (Å²) in [5.74, 6) is -0.823. The monoisotopic (exact) mass is 1150 g/mol. The first-order valence-corrected chi connectivity index (χ1v) is 35.3. The molecule has 0 heterocycles. The molecule has 2 unspecified atom stereocenters. The van der Waals surface area contributed by atoms with Crippen molar-refractivity contribution >= 4 is 19.8 Å². The Bertz CT molecular complexity index is 1640. The van der Waals surface area contributed by atoms with Crippen molar-refractivity contribution < 1.29 is 42.1 Å². The summed E-state index contributed by atoms with van der Waals surface area (Å²) in [5.41, 5.74) is 0. The van der Waals surface area contributed by atoms with E-state index in [9.17, 15) is 19.0 Å². The largest absolute Gasteiger partial charge is 0.756 e. The zero-order chi connectivity index (χ0) is 59.1. The van der Waals surface area contributed by atoms with E-state index in [0.29, 0.717) is 17.4 Å². The zero-order valence-electron chi connectivity index (χ0n) is 53.5. The zero-order valence-corrected chi connectivity index (χ0v) is 54.4. The lowest BCUT2D eigenvalue weighted by Crippen LogP contribution is -2.37. The lowest BCUT2D eigenvalue weighted by atomic mass is 10.0. The summed E-state index contributed by atoms with van der Waals surface area (Å²) in [4.78, 5) is 38.0. The van der Waals surface area contributed by atoms with Crippen LogP contribution in [0.3, 0.4) is 0 Å². The molecule has 0 aromatic carbocycles. The molecule has 10 heteroatoms. The van der Waals surface area contributed by atoms with E-state index >= 15 is 0 Å². The van der Waals surface area contributed by atoms with Gasteiger partial charge in [0.2, 0.25) is 0 Å². The van der Waals surface area contributed by atoms with Crippen molar-refractivity contribution in [1.82, 2.24) is 0 Å². The highest BCUT2D eigenvalue weighted by molar-refractivity contribution is 7.45. The predicted octanol–water partition coefficient (Wildman–Crippen LogP) is 21.1. The molecule has 0 aliphatic heterocycles. The first-order valence-electron chi connectivity index (χ1n) is 33.8. The van der Waals surface area contributed by atoms with Gasteiger partial charge in [-0.05, 0) is 70.6 Å². The van der Waals surface area contributed by atoms with Gasteiger partial charge >= 0.3 is 11.9 Å². The van der Waals surface area contributed by atoms with Crippen LogP contribution in [0.2, 0.25) is 0 Å². The molecule has 0 rings (SSSR count). The Balaban J connectivity index is 4.06. The summed E-state index contributed by atoms with van der Waals surface area (Å²) < 4.78 is 34.3. The third-order valence-electron chi connectivity index (χ3n) is 14.7. The van der Waals surface area contributed by atoms with Crippen LogP contribution in [0.4, 0.5) is 0 Å². The average molecular weight is 1150 g/mol. The van der Waals surface area contributed by atoms with Crippen LogP contribution in [0.5, 0.6) is 0 Å². The van der Waals surface area contributed by atoms with Gasteiger partial charge in [-0.3, -0.25) is 14.2 Å². The van der Waals surface area contributed by atoms with Gasteiger partial charge in [-0.15, -0.1) is 0 Å². The number of carbonyl (C=O) groups excluding carboxylic acids is 2. The SMILES string of the molecule is CC/C=C\C/C=C\C/C=C\C/C=C\C/C=C\C/C=C\C/C=C\CCCCCCCCCCCCCCCC(=O)OC(COC(=O)CCCCCCCCCCCCCCCCCCCCCCCC)COP(=O)([O-])OCC[N+](C)(C)C. The molecule has 0 aromatic heterocycles. The third kappa shape index (κ3) is 66.2. The average Bonchev–Trinajstić information content (AvgIpc) is 3.43. The number of ether oxygens (including phenoxy) is 2. The molecule has 470 valence electrons. The van der Waals surface area contributed by atoms with Crippen LogP contribution in [0.15, 0.2) is 85.1 Å². The smallest absolute Gasteiger partial charge is 0.306 e. The molecule has 0 aromatic rings. The van der Waals surface area contributed by atoms with Gasteiger partial charge in [0.25, 0.3) is 7.82 Å². The Morgan fingerprint density at radius 3 is 1.05 bits per heavy atom. The number of hydrogen-bond acceptors (Lipinski definition) is 8. The maximum absolute atomic E-state index is 12.9. The fourth-order valence-electron chi connectivity index (χ4n) is 9.52. The van der Waals surface area contributed by atoms with Gasteiger partial charge in [0.1, 0.15) is 19.8 Å². The molecule has 0 spiro atoms. The maximum Gasteiger partial charge on any atom is 0.306 e. The second-order valence-electron chi connectivity index (χ2n) is 23.8. The van der Waals surface area contributed by atoms with Gasteiger partial charge in [-0.25, -0.2) is 0 Å². The van der Waals surface area contributed by atoms with Gasteiger partial charge in [-0.2, -0.15) is 0 Å². The van der Waals surface area contributed by atoms with Crippen molar-refractivity contribution in [3.8, 4) is 0 Å². The molecule has 0 amide bonds. The van der Waals surface area contributed by atoms with Crippen LogP contribution in [0.25, 0.3) is 0 Å². The molecular formula is C71H128NO8P. The quantitative estimate of drug-likeness (QED) is 0.0195. The fourth-order valence-corrected chi connectivity index (χ4v) is 10.3. The maximum atomic E-state index is 12.9. The summed E-state index contributed by atoms with van der Waals surface area (Å²) >= 11 is 0. The normalized spacial score (nSPS) is 13.7. The summed E-state index contributed by atoms with van der Waals surface area (Å²) in [6.45, 7) is 4.17. The lowest BCUT2D eigenvalue weighted by Gasteiger charge is -2.28. The summed E-state index contributed by atoms with van der Waals surface area (Å²) in [6, 6.07) is 0. The highest BCUT2D eigenvalue weighted by atomic mass is 31.2. The summed E-state index contributed by atoms with van der Waals surface area (Å²) in [5, 5.41) is 0. The molecule has 0 saturated carbocycles. The van der Waals surface area contributed by atoms with Crippen molar-refractivity contribution in [2.75, 3.05) is 47.5 Å². The fraction of sp³-hybridized carbons (Fsp3) is 0.775. The number of phosphoric acid groups is 1. The minimum Gasteiger partial charge on any atom is -0.756 e. The number of unbranched alkanes of at least 4 members (excludes halogenated alkanes) is 34. The van der Waals surface area contributed by atoms with E-state index in [1.165, 1.54) is 186 Å². The number of hydrogen-bond donors (Lipinski definition) is 0. The topological polar surface area (TPSA) is 111 Å². The Morgan fingerprint density at radius 1 is 0.395 bits per heavy atom. The molecule has 0 saturated heterocycles. The van der Waals surface area contributed by atoms with E-state index in [1.807, 2.05) is 21.1 Å². The predicted molar refractivity (Wildman–Crippen MR) is 346 cm³/mol. The first-order chi connectivity index (χ1) is 39.5. The standard InChI is InChI=1S/C71H128NO8P/c1-6-8-10-12-14-16-18-20-22-24-26-28-30-31-32-33-34-35-36-37-38-39-40-41-42-44-46-48-50-52-54-56-58-60-62-64-71(74)80-69(68-79-81(75,76)78-66-65-72(3,4)5)67-77-70(73)63-61-59-57-55-53-51-49-47-45-43-29-27-25-23-21-19-17-15-13-11-9-7-2/h8,10,14,16,20,22,26,28,31-32,34-35,37-38,69H,6-7,9,11-13,15,17-19,21,23-25,27,29-30,33,36,39-68H2,1-5H3/b10-8-,16-14-,22-20-,28-26-,32-31-,35-34-,38-37-. The van der Waals surface area contributed by atoms with Gasteiger partial charge in [0.15, 0.2) is 6.10 Å². The van der Waals surface area contributed by atoms with Gasteiger partial charge in [-0.1, -0.05) is 304 Å². The lowest BCUT2D eigenvalue weighted by molar-refractivity contribution is -0.870. The second-order valence-corrected chi connectivity index (χ2v) is 25.2. The molecule has 81 heavy (non-hydrogen) atoms. The number of rotatable bonds is 62. The highest BCUT2D eigenvalue weighted by Gasteiger charge is 2.22. The van der Waals surface area contributed by atoms with Gasteiger partial charge < -0.3 is 27.9 Å². The molecule has 0 bridgehead atoms. The van der Waals surface area contributed by atoms with E-state index in [4.69, 9.17) is 18.5 Å². The molecular weight excluding hydrogens is 1030 g/mol. The molecule has 0 aliphatic carbocycles. The highest BCUT2D eigenvalue weighted by Crippen LogP contribution is 2.38. The molecule has 0 radical (unpaired) electrons. The van der Waals surface area contributed by atoms with Crippen molar-refractivity contribution in [2.45, 2.75) is 309 Å². The Kier molecular flexibility index (Phi) is 59.6. The summed E-state index contributed by atoms with van der Waals surface area (Å²) in [6.07, 6.45) is 83.6. The van der Waals surface area contributed by atoms with Crippen molar-refractivity contribution in [3.63, 3.8) is 0 Å². The number of nitrogens with zero attached hydrogens (tertiary/aromatic N) is 1. The van der Waals surface area contributed by atoms with Crippen molar-refractivity contribution in [1.29, 1.82) is 0 Å². The summed E-state index contributed by atoms with van der Waals surface area (Å²) in [7, 11) is 1.17. The second kappa shape index (κ2) is 61.7. The van der Waals surface area contributed by atoms with E-state index in [1.54, 1.807) is 0 Å². The minimum atomic E-state index is -4.64. The Labute approximate surface area is 501 Å². The van der Waals surface area contributed by atoms with Crippen LogP contribution in [0.1, 0.15) is 303 Å². The minimum absolute atomic E-state index is 0.0317. The molecule has 0 N–H and O–H groups in total. The van der Waals surface area contributed by atoms with E-state index < -0.39 is 26.5 Å². The number of likely N-dealkylation sites (N-methyl/N-ethyl adjacent to an activating group) is 1. The van der Waals surface area contributed by atoms with Crippen LogP contribution in [-0.4, -0.2) is 70.0 Å². The van der Waals surface area contributed by atoms with E-state index in [0.717, 1.165) is 83.5 Å². The van der Waals surface area contributed by atoms with Crippen LogP contribution >= 0.6 is 7.82 Å². The number of quaternary nitrogens is 1. The van der Waals surface area contributed by atoms with Gasteiger partial charge in [0, 0.05) is 12.8 Å². The van der Waals surface area contributed by atoms with Crippen LogP contribution < -0.4 is 4.89 Å². The molecule has 0 fully saturated rings. The number of carbonyl (C=O) groups is 2. The van der Waals surface area contributed by atoms with Crippen molar-refractivity contribution in [3.05, 3.63) is 85.1 Å². The molecule has 9 nitrogen and oxygen atoms in total. The van der Waals surface area contributed by atoms with E-state index in [2.05, 4.69) is 98.9 Å². The Hall–Kier alpha value is -2.81. The van der Waals surface area contributed by atoms with Crippen molar-refractivity contribution in [2.24, 2.45) is 0 Å². The first kappa shape index (κ1) is 78.2. The van der Waals surface area contributed by atoms with Gasteiger partial charge in [0.05, 0.1) is 27.7 Å². The van der Waals surface area contributed by atoms with E-state index in [-0.39, 0.29) is 32.0 Å². The number of phosphoric ester groups is 1. The molecule has 2 atom stereocenters. The number of allylic oxidation sites excluding steroid dienone is 14. The van der Waals surface area contributed by atoms with Crippen LogP contribution in [0, 0.1) is 0 Å². The Morgan fingerprint density at radius 2 is 0.704 bits per heavy atom. The molecule has 0 aliphatic rings.